The van der Waals surface area contributed by atoms with Gasteiger partial charge in [-0.1, -0.05) is 12.1 Å². The number of ether oxygens (including phenoxy) is 1. The van der Waals surface area contributed by atoms with Gasteiger partial charge in [0, 0.05) is 18.7 Å². The minimum absolute atomic E-state index is 0.258. The van der Waals surface area contributed by atoms with Gasteiger partial charge in [0.15, 0.2) is 5.69 Å². The van der Waals surface area contributed by atoms with Crippen molar-refractivity contribution >= 4 is 17.3 Å². The number of rotatable bonds is 5. The summed E-state index contributed by atoms with van der Waals surface area (Å²) in [6.45, 7) is 0.500. The van der Waals surface area contributed by atoms with Crippen LogP contribution in [0.1, 0.15) is 40.5 Å². The van der Waals surface area contributed by atoms with E-state index in [1.807, 2.05) is 24.3 Å². The predicted molar refractivity (Wildman–Crippen MR) is 80.1 cm³/mol. The number of amides is 1. The van der Waals surface area contributed by atoms with Crippen LogP contribution in [0.4, 0.5) is 11.4 Å². The number of H-pyrrole nitrogens is 1. The highest BCUT2D eigenvalue weighted by Gasteiger charge is 2.30. The third kappa shape index (κ3) is 2.90. The van der Waals surface area contributed by atoms with Crippen molar-refractivity contribution in [3.05, 3.63) is 41.2 Å². The van der Waals surface area contributed by atoms with Crippen LogP contribution in [0.3, 0.4) is 0 Å². The summed E-state index contributed by atoms with van der Waals surface area (Å²) in [6.07, 6.45) is 2.21. The number of anilines is 2. The van der Waals surface area contributed by atoms with Crippen LogP contribution in [0.5, 0.6) is 0 Å². The molecular weight excluding hydrogens is 268 g/mol. The van der Waals surface area contributed by atoms with Gasteiger partial charge in [0.2, 0.25) is 0 Å². The molecule has 4 N–H and O–H groups in total. The smallest absolute Gasteiger partial charge is 0.278 e. The lowest BCUT2D eigenvalue weighted by molar-refractivity contribution is 0.102. The fourth-order valence-electron chi connectivity index (χ4n) is 2.32. The Kier molecular flexibility index (Phi) is 3.62. The van der Waals surface area contributed by atoms with Crippen molar-refractivity contribution < 1.29 is 9.53 Å². The number of nitrogens with zero attached hydrogens (tertiary/aromatic N) is 1. The molecule has 0 saturated heterocycles. The predicted octanol–water partition coefficient (Wildman–Crippen LogP) is 2.27. The van der Waals surface area contributed by atoms with Gasteiger partial charge in [-0.25, -0.2) is 0 Å². The quantitative estimate of drug-likeness (QED) is 0.786. The first-order chi connectivity index (χ1) is 10.2. The fourth-order valence-corrected chi connectivity index (χ4v) is 2.32. The monoisotopic (exact) mass is 286 g/mol. The zero-order valence-electron chi connectivity index (χ0n) is 11.8. The van der Waals surface area contributed by atoms with Crippen LogP contribution in [0, 0.1) is 0 Å². The number of methoxy groups -OCH3 is 1. The zero-order chi connectivity index (χ0) is 14.8. The number of nitrogen functional groups attached to an aromatic ring is 1. The number of aromatic amines is 1. The maximum Gasteiger partial charge on any atom is 0.278 e. The summed E-state index contributed by atoms with van der Waals surface area (Å²) >= 11 is 0. The molecule has 1 saturated carbocycles. The highest BCUT2D eigenvalue weighted by Crippen LogP contribution is 2.42. The average Bonchev–Trinajstić information content (AvgIpc) is 3.22. The second kappa shape index (κ2) is 5.57. The molecule has 0 radical (unpaired) electrons. The van der Waals surface area contributed by atoms with E-state index in [0.29, 0.717) is 23.9 Å². The minimum Gasteiger partial charge on any atom is -0.395 e. The van der Waals surface area contributed by atoms with Gasteiger partial charge < -0.3 is 15.8 Å². The molecule has 0 bridgehead atoms. The maximum absolute atomic E-state index is 12.3. The van der Waals surface area contributed by atoms with Crippen molar-refractivity contribution in [1.29, 1.82) is 0 Å². The standard InChI is InChI=1S/C15H18N4O2/c1-21-8-9-3-2-4-11(7-9)17-15(20)14-12(16)13(18-19-14)10-5-6-10/h2-4,7,10H,5-6,8,16H2,1H3,(H,17,20)(H,18,19). The zero-order valence-corrected chi connectivity index (χ0v) is 11.8. The van der Waals surface area contributed by atoms with Crippen LogP contribution in [-0.2, 0) is 11.3 Å². The number of nitrogens with two attached hydrogens (primary N) is 1. The summed E-state index contributed by atoms with van der Waals surface area (Å²) in [7, 11) is 1.63. The van der Waals surface area contributed by atoms with Gasteiger partial charge in [0.05, 0.1) is 18.0 Å². The van der Waals surface area contributed by atoms with Gasteiger partial charge in [-0.05, 0) is 30.5 Å². The molecule has 6 heteroatoms. The van der Waals surface area contributed by atoms with E-state index in [0.717, 1.165) is 24.1 Å². The summed E-state index contributed by atoms with van der Waals surface area (Å²) in [4.78, 5) is 12.3. The molecule has 1 heterocycles. The molecule has 110 valence electrons. The van der Waals surface area contributed by atoms with Gasteiger partial charge in [0.1, 0.15) is 0 Å². The lowest BCUT2D eigenvalue weighted by atomic mass is 10.2. The fraction of sp³-hybridized carbons (Fsp3) is 0.333. The normalized spacial score (nSPS) is 14.1. The number of carbonyl (C=O) groups excluding carboxylic acids is 1. The summed E-state index contributed by atoms with van der Waals surface area (Å²) in [5.41, 5.74) is 9.29. The number of benzene rings is 1. The van der Waals surface area contributed by atoms with E-state index in [1.54, 1.807) is 7.11 Å². The Morgan fingerprint density at radius 3 is 3.05 bits per heavy atom. The molecule has 1 amide bonds. The summed E-state index contributed by atoms with van der Waals surface area (Å²) < 4.78 is 5.08. The number of nitrogens with one attached hydrogen (secondary N) is 2. The molecule has 0 unspecified atom stereocenters. The van der Waals surface area contributed by atoms with Crippen molar-refractivity contribution in [2.75, 3.05) is 18.2 Å². The van der Waals surface area contributed by atoms with E-state index in [2.05, 4.69) is 15.5 Å². The molecule has 0 aliphatic heterocycles. The van der Waals surface area contributed by atoms with Crippen LogP contribution in [0.2, 0.25) is 0 Å². The third-order valence-corrected chi connectivity index (χ3v) is 3.53. The van der Waals surface area contributed by atoms with E-state index < -0.39 is 0 Å². The van der Waals surface area contributed by atoms with Gasteiger partial charge in [0.25, 0.3) is 5.91 Å². The Hall–Kier alpha value is -2.34. The third-order valence-electron chi connectivity index (χ3n) is 3.53. The van der Waals surface area contributed by atoms with Gasteiger partial charge in [-0.2, -0.15) is 5.10 Å². The van der Waals surface area contributed by atoms with Crippen molar-refractivity contribution in [2.45, 2.75) is 25.4 Å². The highest BCUT2D eigenvalue weighted by atomic mass is 16.5. The van der Waals surface area contributed by atoms with Crippen LogP contribution >= 0.6 is 0 Å². The van der Waals surface area contributed by atoms with Crippen molar-refractivity contribution in [3.63, 3.8) is 0 Å². The number of carbonyl (C=O) groups is 1. The molecule has 2 aromatic rings. The molecule has 1 aromatic heterocycles. The Morgan fingerprint density at radius 2 is 2.33 bits per heavy atom. The first kappa shape index (κ1) is 13.6. The largest absolute Gasteiger partial charge is 0.395 e. The summed E-state index contributed by atoms with van der Waals surface area (Å²) in [5.74, 6) is 0.134. The number of hydrogen-bond acceptors (Lipinski definition) is 4. The second-order valence-corrected chi connectivity index (χ2v) is 5.26. The molecular formula is C15H18N4O2. The molecule has 3 rings (SSSR count). The van der Waals surface area contributed by atoms with Crippen molar-refractivity contribution in [1.82, 2.24) is 10.2 Å². The van der Waals surface area contributed by atoms with E-state index in [4.69, 9.17) is 10.5 Å². The van der Waals surface area contributed by atoms with E-state index in [1.165, 1.54) is 0 Å². The maximum atomic E-state index is 12.3. The minimum atomic E-state index is -0.301. The molecule has 1 fully saturated rings. The van der Waals surface area contributed by atoms with Crippen LogP contribution in [0.15, 0.2) is 24.3 Å². The summed E-state index contributed by atoms with van der Waals surface area (Å²) in [5, 5.41) is 9.74. The second-order valence-electron chi connectivity index (χ2n) is 5.26. The first-order valence-corrected chi connectivity index (χ1v) is 6.92. The Labute approximate surface area is 122 Å². The Morgan fingerprint density at radius 1 is 1.52 bits per heavy atom. The van der Waals surface area contributed by atoms with Crippen molar-refractivity contribution in [2.24, 2.45) is 0 Å². The van der Waals surface area contributed by atoms with Crippen LogP contribution in [-0.4, -0.2) is 23.2 Å². The first-order valence-electron chi connectivity index (χ1n) is 6.92. The SMILES string of the molecule is COCc1cccc(NC(=O)c2n[nH]c(C3CC3)c2N)c1. The molecule has 21 heavy (non-hydrogen) atoms. The Bertz CT molecular complexity index is 661. The number of hydrogen-bond donors (Lipinski definition) is 3. The van der Waals surface area contributed by atoms with Crippen LogP contribution in [0.25, 0.3) is 0 Å². The number of aromatic nitrogens is 2. The lowest BCUT2D eigenvalue weighted by Gasteiger charge is -2.06. The molecule has 1 aliphatic rings. The van der Waals surface area contributed by atoms with Crippen molar-refractivity contribution in [3.8, 4) is 0 Å². The molecule has 0 atom stereocenters. The summed E-state index contributed by atoms with van der Waals surface area (Å²) in [6, 6.07) is 7.49. The average molecular weight is 286 g/mol. The molecule has 0 spiro atoms. The van der Waals surface area contributed by atoms with E-state index in [9.17, 15) is 4.79 Å². The van der Waals surface area contributed by atoms with Crippen LogP contribution < -0.4 is 11.1 Å². The lowest BCUT2D eigenvalue weighted by Crippen LogP contribution is -2.14. The molecule has 6 nitrogen and oxygen atoms in total. The van der Waals surface area contributed by atoms with E-state index >= 15 is 0 Å². The molecule has 1 aliphatic carbocycles. The van der Waals surface area contributed by atoms with Gasteiger partial charge in [-0.3, -0.25) is 9.89 Å². The van der Waals surface area contributed by atoms with Gasteiger partial charge in [-0.15, -0.1) is 0 Å². The topological polar surface area (TPSA) is 93.0 Å². The highest BCUT2D eigenvalue weighted by molar-refractivity contribution is 6.06. The van der Waals surface area contributed by atoms with Gasteiger partial charge >= 0.3 is 0 Å². The van der Waals surface area contributed by atoms with E-state index in [-0.39, 0.29) is 11.6 Å². The Balaban J connectivity index is 1.75. The molecule has 1 aromatic carbocycles.